The Balaban J connectivity index is 1.97. The van der Waals surface area contributed by atoms with Crippen molar-refractivity contribution in [2.24, 2.45) is 0 Å². The zero-order valence-corrected chi connectivity index (χ0v) is 9.37. The van der Waals surface area contributed by atoms with Crippen LogP contribution in [-0.4, -0.2) is 42.4 Å². The Morgan fingerprint density at radius 3 is 2.60 bits per heavy atom. The van der Waals surface area contributed by atoms with Gasteiger partial charge in [-0.25, -0.2) is 0 Å². The minimum absolute atomic E-state index is 0.364. The molecule has 1 atom stereocenters. The van der Waals surface area contributed by atoms with E-state index in [1.54, 1.807) is 0 Å². The highest BCUT2D eigenvalue weighted by molar-refractivity contribution is 5.24. The summed E-state index contributed by atoms with van der Waals surface area (Å²) in [6.07, 6.45) is 5.95. The highest BCUT2D eigenvalue weighted by Gasteiger charge is 2.21. The lowest BCUT2D eigenvalue weighted by Gasteiger charge is -2.33. The van der Waals surface area contributed by atoms with Crippen LogP contribution in [0.15, 0.2) is 23.3 Å². The molecule has 0 aromatic rings. The first-order chi connectivity index (χ1) is 7.27. The monoisotopic (exact) mass is 208 g/mol. The largest absolute Gasteiger partial charge is 0.374 e. The van der Waals surface area contributed by atoms with Crippen molar-refractivity contribution in [3.05, 3.63) is 23.3 Å². The maximum Gasteiger partial charge on any atom is 0.129 e. The average molecular weight is 208 g/mol. The first kappa shape index (κ1) is 10.9. The predicted octanol–water partition coefficient (Wildman–Crippen LogP) is 0.876. The number of hydrogen-bond donors (Lipinski definition) is 2. The quantitative estimate of drug-likeness (QED) is 0.707. The normalized spacial score (nSPS) is 25.7. The minimum Gasteiger partial charge on any atom is -0.374 e. The molecule has 0 saturated carbocycles. The zero-order valence-electron chi connectivity index (χ0n) is 9.37. The molecule has 0 unspecified atom stereocenters. The molecule has 0 amide bonds. The third kappa shape index (κ3) is 2.68. The van der Waals surface area contributed by atoms with Crippen LogP contribution in [0.5, 0.6) is 0 Å². The van der Waals surface area contributed by atoms with Gasteiger partial charge in [0.25, 0.3) is 0 Å². The predicted molar refractivity (Wildman–Crippen MR) is 61.5 cm³/mol. The van der Waals surface area contributed by atoms with E-state index >= 15 is 0 Å². The molecule has 2 aliphatic rings. The third-order valence-corrected chi connectivity index (χ3v) is 3.22. The van der Waals surface area contributed by atoms with E-state index in [1.807, 2.05) is 0 Å². The number of piperazine rings is 1. The summed E-state index contributed by atoms with van der Waals surface area (Å²) in [5, 5.41) is 13.5. The number of nitrogens with zero attached hydrogens (tertiary/aromatic N) is 1. The first-order valence-corrected chi connectivity index (χ1v) is 5.76. The van der Waals surface area contributed by atoms with Gasteiger partial charge in [0, 0.05) is 26.2 Å². The van der Waals surface area contributed by atoms with Gasteiger partial charge in [-0.15, -0.1) is 0 Å². The van der Waals surface area contributed by atoms with Gasteiger partial charge in [-0.1, -0.05) is 17.7 Å². The number of hydrogen-bond acceptors (Lipinski definition) is 3. The van der Waals surface area contributed by atoms with E-state index in [0.717, 1.165) is 39.0 Å². The second-order valence-electron chi connectivity index (χ2n) is 4.41. The van der Waals surface area contributed by atoms with Gasteiger partial charge in [-0.2, -0.15) is 0 Å². The molecule has 0 bridgehead atoms. The molecule has 3 nitrogen and oxygen atoms in total. The second-order valence-corrected chi connectivity index (χ2v) is 4.41. The molecule has 1 heterocycles. The van der Waals surface area contributed by atoms with Crippen molar-refractivity contribution in [2.75, 3.05) is 26.2 Å². The van der Waals surface area contributed by atoms with Gasteiger partial charge >= 0.3 is 0 Å². The molecule has 1 fully saturated rings. The molecular weight excluding hydrogens is 188 g/mol. The molecule has 0 aromatic carbocycles. The molecule has 1 aliphatic carbocycles. The van der Waals surface area contributed by atoms with E-state index in [2.05, 4.69) is 29.3 Å². The van der Waals surface area contributed by atoms with E-state index in [-0.39, 0.29) is 6.23 Å². The van der Waals surface area contributed by atoms with Crippen molar-refractivity contribution in [3.8, 4) is 0 Å². The summed E-state index contributed by atoms with van der Waals surface area (Å²) in [5.74, 6) is 0. The summed E-state index contributed by atoms with van der Waals surface area (Å²) in [6.45, 7) is 6.01. The Kier molecular flexibility index (Phi) is 3.57. The van der Waals surface area contributed by atoms with E-state index in [4.69, 9.17) is 0 Å². The van der Waals surface area contributed by atoms with Crippen LogP contribution in [0, 0.1) is 0 Å². The maximum atomic E-state index is 10.2. The first-order valence-electron chi connectivity index (χ1n) is 5.76. The Morgan fingerprint density at radius 1 is 1.27 bits per heavy atom. The van der Waals surface area contributed by atoms with Crippen molar-refractivity contribution < 1.29 is 5.11 Å². The fraction of sp³-hybridized carbons (Fsp3) is 0.667. The molecule has 84 valence electrons. The summed E-state index contributed by atoms with van der Waals surface area (Å²) in [4.78, 5) is 2.15. The Morgan fingerprint density at radius 2 is 2.00 bits per heavy atom. The summed E-state index contributed by atoms with van der Waals surface area (Å²) in [6, 6.07) is 0. The van der Waals surface area contributed by atoms with Crippen LogP contribution in [0.25, 0.3) is 0 Å². The van der Waals surface area contributed by atoms with Gasteiger partial charge in [0.1, 0.15) is 6.23 Å². The number of aliphatic hydroxyl groups excluding tert-OH is 1. The zero-order chi connectivity index (χ0) is 10.7. The summed E-state index contributed by atoms with van der Waals surface area (Å²) in [7, 11) is 0. The fourth-order valence-electron chi connectivity index (χ4n) is 2.13. The lowest BCUT2D eigenvalue weighted by Crippen LogP contribution is -2.49. The van der Waals surface area contributed by atoms with Crippen molar-refractivity contribution in [2.45, 2.75) is 26.0 Å². The van der Waals surface area contributed by atoms with Crippen LogP contribution in [0.4, 0.5) is 0 Å². The smallest absolute Gasteiger partial charge is 0.129 e. The SMILES string of the molecule is CC1=CC=C([C@@H](O)N2CCNCC2)CC1. The van der Waals surface area contributed by atoms with Gasteiger partial charge in [0.2, 0.25) is 0 Å². The van der Waals surface area contributed by atoms with Crippen LogP contribution in [0.2, 0.25) is 0 Å². The van der Waals surface area contributed by atoms with Crippen LogP contribution in [0.3, 0.4) is 0 Å². The van der Waals surface area contributed by atoms with E-state index in [0.29, 0.717) is 0 Å². The highest BCUT2D eigenvalue weighted by atomic mass is 16.3. The van der Waals surface area contributed by atoms with Gasteiger partial charge in [-0.05, 0) is 25.3 Å². The Hall–Kier alpha value is -0.640. The summed E-state index contributed by atoms with van der Waals surface area (Å²) >= 11 is 0. The Bertz CT molecular complexity index is 277. The van der Waals surface area contributed by atoms with Gasteiger partial charge in [0.05, 0.1) is 0 Å². The third-order valence-electron chi connectivity index (χ3n) is 3.22. The molecule has 0 radical (unpaired) electrons. The van der Waals surface area contributed by atoms with Crippen LogP contribution >= 0.6 is 0 Å². The molecule has 3 heteroatoms. The van der Waals surface area contributed by atoms with E-state index in [9.17, 15) is 5.11 Å². The van der Waals surface area contributed by atoms with Crippen molar-refractivity contribution in [3.63, 3.8) is 0 Å². The maximum absolute atomic E-state index is 10.2. The standard InChI is InChI=1S/C12H20N2O/c1-10-2-4-11(5-3-10)12(15)14-8-6-13-7-9-14/h2,4,12-13,15H,3,5-9H2,1H3/t12-/m1/s1. The molecule has 0 spiro atoms. The number of nitrogens with one attached hydrogen (secondary N) is 1. The molecule has 0 aromatic heterocycles. The minimum atomic E-state index is -0.364. The Labute approximate surface area is 91.5 Å². The van der Waals surface area contributed by atoms with Crippen molar-refractivity contribution in [1.29, 1.82) is 0 Å². The molecule has 15 heavy (non-hydrogen) atoms. The molecular formula is C12H20N2O. The second kappa shape index (κ2) is 4.92. The fourth-order valence-corrected chi connectivity index (χ4v) is 2.13. The van der Waals surface area contributed by atoms with Gasteiger partial charge in [-0.3, -0.25) is 4.90 Å². The highest BCUT2D eigenvalue weighted by Crippen LogP contribution is 2.22. The molecule has 2 rings (SSSR count). The number of rotatable bonds is 2. The lowest BCUT2D eigenvalue weighted by atomic mass is 9.98. The summed E-state index contributed by atoms with van der Waals surface area (Å²) < 4.78 is 0. The van der Waals surface area contributed by atoms with Gasteiger partial charge in [0.15, 0.2) is 0 Å². The van der Waals surface area contributed by atoms with E-state index in [1.165, 1.54) is 11.1 Å². The molecule has 1 saturated heterocycles. The van der Waals surface area contributed by atoms with Crippen LogP contribution < -0.4 is 5.32 Å². The van der Waals surface area contributed by atoms with Crippen molar-refractivity contribution >= 4 is 0 Å². The van der Waals surface area contributed by atoms with Crippen molar-refractivity contribution in [1.82, 2.24) is 10.2 Å². The van der Waals surface area contributed by atoms with Crippen LogP contribution in [0.1, 0.15) is 19.8 Å². The molecule has 1 aliphatic heterocycles. The lowest BCUT2D eigenvalue weighted by molar-refractivity contribution is 0.0219. The topological polar surface area (TPSA) is 35.5 Å². The number of aliphatic hydroxyl groups is 1. The number of allylic oxidation sites excluding steroid dienone is 3. The van der Waals surface area contributed by atoms with Gasteiger partial charge < -0.3 is 10.4 Å². The van der Waals surface area contributed by atoms with E-state index < -0.39 is 0 Å². The average Bonchev–Trinajstić information content (AvgIpc) is 2.30. The summed E-state index contributed by atoms with van der Waals surface area (Å²) in [5.41, 5.74) is 2.58. The molecule has 2 N–H and O–H groups in total. The van der Waals surface area contributed by atoms with Crippen LogP contribution in [-0.2, 0) is 0 Å².